The molecule has 2 atom stereocenters. The van der Waals surface area contributed by atoms with E-state index in [1.807, 2.05) is 84.9 Å². The van der Waals surface area contributed by atoms with Gasteiger partial charge in [-0.25, -0.2) is 13.0 Å². The number of fused-ring (bicyclic) bond motifs is 12. The topological polar surface area (TPSA) is 127 Å². The fourth-order valence-electron chi connectivity index (χ4n) is 10.7. The highest BCUT2D eigenvalue weighted by Gasteiger charge is 2.48. The summed E-state index contributed by atoms with van der Waals surface area (Å²) in [6, 6.07) is 48.6. The van der Waals surface area contributed by atoms with Crippen LogP contribution in [0, 0.1) is 0 Å². The van der Waals surface area contributed by atoms with Gasteiger partial charge in [0.25, 0.3) is 10.1 Å². The quantitative estimate of drug-likeness (QED) is 0.134. The largest absolute Gasteiger partial charge is 0.744 e. The van der Waals surface area contributed by atoms with Crippen LogP contribution in [0.4, 0.5) is 5.69 Å². The number of hydrogen-bond acceptors (Lipinski definition) is 9. The lowest BCUT2D eigenvalue weighted by Gasteiger charge is -2.46. The van der Waals surface area contributed by atoms with Gasteiger partial charge in [-0.05, 0) is 54.3 Å². The normalized spacial score (nSPS) is 18.5. The lowest BCUT2D eigenvalue weighted by molar-refractivity contribution is 0.404. The molecule has 0 fully saturated rings. The Labute approximate surface area is 389 Å². The summed E-state index contributed by atoms with van der Waals surface area (Å²) in [5, 5.41) is 3.62. The third-order valence-electron chi connectivity index (χ3n) is 14.1. The summed E-state index contributed by atoms with van der Waals surface area (Å²) in [6.07, 6.45) is 0. The molecule has 2 aromatic heterocycles. The van der Waals surface area contributed by atoms with Crippen molar-refractivity contribution in [3.8, 4) is 32.4 Å². The van der Waals surface area contributed by atoms with Crippen LogP contribution in [-0.2, 0) is 31.3 Å². The highest BCUT2D eigenvalue weighted by Crippen LogP contribution is 2.58. The second kappa shape index (κ2) is 14.0. The van der Waals surface area contributed by atoms with E-state index in [2.05, 4.69) is 85.9 Å². The first kappa shape index (κ1) is 41.0. The molecule has 3 aliphatic rings. The fraction of sp³-hybridized carbons (Fsp3) is 0.113. The lowest BCUT2D eigenvalue weighted by Crippen LogP contribution is -2.48. The van der Waals surface area contributed by atoms with E-state index in [9.17, 15) is 25.9 Å². The van der Waals surface area contributed by atoms with Crippen LogP contribution in [0.15, 0.2) is 161 Å². The first-order valence-corrected chi connectivity index (χ1v) is 25.7. The van der Waals surface area contributed by atoms with Gasteiger partial charge in [0, 0.05) is 84.0 Å². The number of anilines is 1. The van der Waals surface area contributed by atoms with Crippen LogP contribution in [0.3, 0.4) is 0 Å². The van der Waals surface area contributed by atoms with Gasteiger partial charge < -0.3 is 14.2 Å². The van der Waals surface area contributed by atoms with Crippen molar-refractivity contribution in [2.24, 2.45) is 0 Å². The molecular formula is C53H38N2O7S4. The van der Waals surface area contributed by atoms with E-state index in [4.69, 9.17) is 4.74 Å². The third kappa shape index (κ3) is 5.65. The molecule has 0 aliphatic carbocycles. The van der Waals surface area contributed by atoms with Gasteiger partial charge >= 0.3 is 0 Å². The first-order valence-electron chi connectivity index (χ1n) is 21.2. The molecule has 3 aliphatic heterocycles. The highest BCUT2D eigenvalue weighted by molar-refractivity contribution is 7.86. The molecule has 0 saturated carbocycles. The molecule has 0 bridgehead atoms. The summed E-state index contributed by atoms with van der Waals surface area (Å²) in [7, 11) is -6.10. The van der Waals surface area contributed by atoms with Gasteiger partial charge in [-0.2, -0.15) is 8.42 Å². The Morgan fingerprint density at radius 2 is 1.23 bits per heavy atom. The smallest absolute Gasteiger partial charge is 0.294 e. The van der Waals surface area contributed by atoms with Crippen molar-refractivity contribution in [3.05, 3.63) is 196 Å². The average molecular weight is 943 g/mol. The first-order chi connectivity index (χ1) is 31.6. The molecule has 13 heteroatoms. The maximum Gasteiger partial charge on any atom is 0.294 e. The second-order valence-corrected chi connectivity index (χ2v) is 22.3. The molecule has 0 saturated heterocycles. The summed E-state index contributed by atoms with van der Waals surface area (Å²) in [4.78, 5) is 2.84. The van der Waals surface area contributed by atoms with Crippen LogP contribution in [0.1, 0.15) is 47.2 Å². The van der Waals surface area contributed by atoms with E-state index >= 15 is 0 Å². The number of rotatable bonds is 5. The minimum absolute atomic E-state index is 0.0206. The molecule has 9 aromatic rings. The third-order valence-corrected chi connectivity index (χ3v) is 18.3. The minimum Gasteiger partial charge on any atom is -0.744 e. The Balaban J connectivity index is 1.23. The van der Waals surface area contributed by atoms with Gasteiger partial charge in [0.1, 0.15) is 28.7 Å². The van der Waals surface area contributed by atoms with Crippen LogP contribution in [-0.4, -0.2) is 40.0 Å². The zero-order valence-corrected chi connectivity index (χ0v) is 39.1. The zero-order valence-electron chi connectivity index (χ0n) is 35.9. The number of ether oxygens (including phenoxy) is 1. The molecule has 0 spiro atoms. The van der Waals surface area contributed by atoms with Gasteiger partial charge in [0.2, 0.25) is 10.9 Å². The monoisotopic (exact) mass is 942 g/mol. The Kier molecular flexibility index (Phi) is 8.72. The molecule has 66 heavy (non-hydrogen) atoms. The molecule has 1 N–H and O–H groups in total. The van der Waals surface area contributed by atoms with Gasteiger partial charge in [0.05, 0.1) is 37.4 Å². The van der Waals surface area contributed by atoms with Crippen LogP contribution in [0.25, 0.3) is 46.6 Å². The van der Waals surface area contributed by atoms with E-state index in [-0.39, 0.29) is 5.56 Å². The predicted molar refractivity (Wildman–Crippen MR) is 261 cm³/mol. The van der Waals surface area contributed by atoms with Crippen molar-refractivity contribution in [2.75, 3.05) is 19.0 Å². The molecule has 2 unspecified atom stereocenters. The maximum atomic E-state index is 13.4. The molecule has 12 rings (SSSR count). The highest BCUT2D eigenvalue weighted by atomic mass is 32.2. The number of thiophene rings is 2. The molecule has 0 radical (unpaired) electrons. The van der Waals surface area contributed by atoms with E-state index in [0.29, 0.717) is 27.9 Å². The molecule has 326 valence electrons. The minimum atomic E-state index is -5.35. The van der Waals surface area contributed by atoms with Gasteiger partial charge in [-0.15, -0.1) is 22.7 Å². The summed E-state index contributed by atoms with van der Waals surface area (Å²) in [6.45, 7) is 4.46. The molecule has 5 heterocycles. The molecule has 7 aromatic carbocycles. The van der Waals surface area contributed by atoms with Gasteiger partial charge in [-0.1, -0.05) is 103 Å². The summed E-state index contributed by atoms with van der Waals surface area (Å²) in [5.41, 5.74) is 6.70. The van der Waals surface area contributed by atoms with Gasteiger partial charge in [-0.3, -0.25) is 4.55 Å². The number of benzene rings is 7. The van der Waals surface area contributed by atoms with E-state index in [1.165, 1.54) is 6.07 Å². The predicted octanol–water partition coefficient (Wildman–Crippen LogP) is 10.1. The van der Waals surface area contributed by atoms with Crippen molar-refractivity contribution < 1.29 is 30.7 Å². The Hall–Kier alpha value is -6.45. The van der Waals surface area contributed by atoms with Crippen molar-refractivity contribution in [2.45, 2.75) is 34.7 Å². The summed E-state index contributed by atoms with van der Waals surface area (Å²) in [5.74, 6) is 0.839. The Bertz CT molecular complexity index is 3980. The van der Waals surface area contributed by atoms with Crippen LogP contribution in [0.2, 0.25) is 0 Å². The number of nitrogens with zero attached hydrogens (tertiary/aromatic N) is 2. The van der Waals surface area contributed by atoms with Crippen molar-refractivity contribution >= 4 is 74.3 Å². The fourth-order valence-corrected chi connectivity index (χ4v) is 14.7. The van der Waals surface area contributed by atoms with Crippen LogP contribution < -0.4 is 24.8 Å². The Morgan fingerprint density at radius 1 is 0.636 bits per heavy atom. The lowest BCUT2D eigenvalue weighted by atomic mass is 9.76. The SMILES string of the molecule is CN1c2cc3c(cc2-c2sc4ccccc4c2C1(C)c1ccccc1)C(c1ccc(S(=O)(=O)O)cc1S(=O)(=O)[O-])=c1cc2c(cc1O3)=[N+](C)C(C)(c1ccccc1)c1c-2sc2ccccc12. The second-order valence-electron chi connectivity index (χ2n) is 17.4. The summed E-state index contributed by atoms with van der Waals surface area (Å²) >= 11 is 3.35. The summed E-state index contributed by atoms with van der Waals surface area (Å²) < 4.78 is 86.9. The van der Waals surface area contributed by atoms with Gasteiger partial charge in [0.15, 0.2) is 0 Å². The van der Waals surface area contributed by atoms with Crippen molar-refractivity contribution in [1.82, 2.24) is 4.58 Å². The van der Waals surface area contributed by atoms with E-state index in [1.54, 1.807) is 22.7 Å². The zero-order chi connectivity index (χ0) is 45.7. The van der Waals surface area contributed by atoms with Crippen molar-refractivity contribution in [3.63, 3.8) is 0 Å². The Morgan fingerprint density at radius 3 is 1.86 bits per heavy atom. The maximum absolute atomic E-state index is 13.4. The standard InChI is InChI=1S/C53H38N2O7S4/c1-52(30-15-7-5-8-16-30)48-33-19-11-13-21-44(33)63-50(48)36-26-38-42(28-40(36)54(52)3)62-43-29-41-37(27-39(43)47(38)35-24-23-32(65(56,57)58)25-46(35)66(59,60)61)51-49(34-20-12-14-22-45(34)64-51)53(2,55(41)4)31-17-9-6-10-18-31/h5-29H,1-4H3,(H-,56,57,58,59,60,61). The average Bonchev–Trinajstić information content (AvgIpc) is 3.91. The molecular weight excluding hydrogens is 905 g/mol. The number of hydrogen-bond donors (Lipinski definition) is 1. The van der Waals surface area contributed by atoms with Crippen LogP contribution in [0.5, 0.6) is 11.5 Å². The molecule has 0 amide bonds. The van der Waals surface area contributed by atoms with E-state index < -0.39 is 41.1 Å². The van der Waals surface area contributed by atoms with Crippen LogP contribution >= 0.6 is 22.7 Å². The van der Waals surface area contributed by atoms with Crippen molar-refractivity contribution in [1.29, 1.82) is 0 Å². The van der Waals surface area contributed by atoms with E-state index in [0.717, 1.165) is 86.5 Å². The molecule has 9 nitrogen and oxygen atoms in total.